The van der Waals surface area contributed by atoms with Crippen LogP contribution >= 0.6 is 0 Å². The molecule has 2 aromatic carbocycles. The second kappa shape index (κ2) is 9.15. The zero-order valence-corrected chi connectivity index (χ0v) is 20.3. The van der Waals surface area contributed by atoms with E-state index in [0.29, 0.717) is 17.7 Å². The molecule has 0 spiro atoms. The minimum Gasteiger partial charge on any atom is -0.394 e. The molecule has 1 fully saturated rings. The lowest BCUT2D eigenvalue weighted by Gasteiger charge is -2.44. The zero-order valence-electron chi connectivity index (χ0n) is 20.3. The monoisotopic (exact) mass is 470 g/mol. The van der Waals surface area contributed by atoms with Crippen LogP contribution in [-0.4, -0.2) is 72.0 Å². The fourth-order valence-corrected chi connectivity index (χ4v) is 5.61. The van der Waals surface area contributed by atoms with Crippen molar-refractivity contribution in [1.29, 1.82) is 0 Å². The number of likely N-dealkylation sites (N-methyl/N-ethyl adjacent to an activating group) is 1. The van der Waals surface area contributed by atoms with Crippen molar-refractivity contribution in [1.82, 2.24) is 14.8 Å². The van der Waals surface area contributed by atoms with E-state index in [1.165, 1.54) is 0 Å². The first-order valence-electron chi connectivity index (χ1n) is 11.9. The van der Waals surface area contributed by atoms with Crippen molar-refractivity contribution >= 4 is 17.5 Å². The van der Waals surface area contributed by atoms with Crippen molar-refractivity contribution < 1.29 is 14.7 Å². The molecule has 0 saturated carbocycles. The van der Waals surface area contributed by atoms with Gasteiger partial charge in [-0.1, -0.05) is 18.2 Å². The Morgan fingerprint density at radius 1 is 1.03 bits per heavy atom. The fraction of sp³-hybridized carbons (Fsp3) is 0.321. The van der Waals surface area contributed by atoms with Crippen molar-refractivity contribution in [3.05, 3.63) is 83.7 Å². The number of likely N-dealkylation sites (tertiary alicyclic amines) is 1. The molecule has 0 radical (unpaired) electrons. The Morgan fingerprint density at radius 2 is 1.77 bits per heavy atom. The lowest BCUT2D eigenvalue weighted by atomic mass is 9.81. The first kappa shape index (κ1) is 23.1. The normalized spacial score (nSPS) is 20.9. The summed E-state index contributed by atoms with van der Waals surface area (Å²) in [5, 5.41) is 10.2. The molecule has 7 nitrogen and oxygen atoms in total. The molecule has 0 aliphatic carbocycles. The number of amides is 2. The van der Waals surface area contributed by atoms with Crippen LogP contribution in [0.4, 0.5) is 5.69 Å². The van der Waals surface area contributed by atoms with Gasteiger partial charge in [-0.15, -0.1) is 0 Å². The largest absolute Gasteiger partial charge is 0.394 e. The smallest absolute Gasteiger partial charge is 0.254 e. The minimum atomic E-state index is -0.134. The number of pyridine rings is 1. The summed E-state index contributed by atoms with van der Waals surface area (Å²) in [6.07, 6.45) is 4.10. The average molecular weight is 471 g/mol. The SMILES string of the molecule is CN(C)C(=O)c1cccc(-c2ccc3c(c2)[C@@H]2[C@@H](CCN2C(=O)c2ccncc2)[C@@H](CO)N3C)c1. The molecular weight excluding hydrogens is 440 g/mol. The molecule has 2 aliphatic rings. The number of carbonyl (C=O) groups excluding carboxylic acids is 2. The van der Waals surface area contributed by atoms with E-state index in [0.717, 1.165) is 28.8 Å². The Hall–Kier alpha value is -3.71. The van der Waals surface area contributed by atoms with Gasteiger partial charge in [0.25, 0.3) is 11.8 Å². The Bertz CT molecular complexity index is 1260. The van der Waals surface area contributed by atoms with Gasteiger partial charge in [-0.3, -0.25) is 14.6 Å². The van der Waals surface area contributed by atoms with Gasteiger partial charge >= 0.3 is 0 Å². The Morgan fingerprint density at radius 3 is 2.49 bits per heavy atom. The van der Waals surface area contributed by atoms with E-state index >= 15 is 0 Å². The third-order valence-corrected chi connectivity index (χ3v) is 7.39. The van der Waals surface area contributed by atoms with E-state index in [-0.39, 0.29) is 36.4 Å². The summed E-state index contributed by atoms with van der Waals surface area (Å²) >= 11 is 0. The molecule has 1 N–H and O–H groups in total. The maximum absolute atomic E-state index is 13.5. The molecule has 3 atom stereocenters. The van der Waals surface area contributed by atoms with Crippen LogP contribution in [-0.2, 0) is 0 Å². The summed E-state index contributed by atoms with van der Waals surface area (Å²) in [4.78, 5) is 35.7. The lowest BCUT2D eigenvalue weighted by Crippen LogP contribution is -2.48. The van der Waals surface area contributed by atoms with E-state index in [1.54, 1.807) is 43.5 Å². The molecule has 2 amide bonds. The van der Waals surface area contributed by atoms with Crippen LogP contribution in [0.2, 0.25) is 0 Å². The van der Waals surface area contributed by atoms with Crippen molar-refractivity contribution in [3.63, 3.8) is 0 Å². The first-order valence-corrected chi connectivity index (χ1v) is 11.9. The van der Waals surface area contributed by atoms with Crippen molar-refractivity contribution in [2.45, 2.75) is 18.5 Å². The molecule has 1 aromatic heterocycles. The highest BCUT2D eigenvalue weighted by Gasteiger charge is 2.47. The number of carbonyl (C=O) groups is 2. The third kappa shape index (κ3) is 3.96. The van der Waals surface area contributed by atoms with Gasteiger partial charge in [0.05, 0.1) is 18.7 Å². The molecule has 2 aliphatic heterocycles. The van der Waals surface area contributed by atoms with E-state index < -0.39 is 0 Å². The summed E-state index contributed by atoms with van der Waals surface area (Å²) in [5.41, 5.74) is 5.29. The van der Waals surface area contributed by atoms with Gasteiger partial charge < -0.3 is 19.8 Å². The van der Waals surface area contributed by atoms with Gasteiger partial charge in [0, 0.05) is 62.8 Å². The van der Waals surface area contributed by atoms with Gasteiger partial charge in [-0.2, -0.15) is 0 Å². The van der Waals surface area contributed by atoms with Crippen molar-refractivity contribution in [3.8, 4) is 11.1 Å². The van der Waals surface area contributed by atoms with Crippen LogP contribution in [0.5, 0.6) is 0 Å². The number of anilines is 1. The van der Waals surface area contributed by atoms with E-state index in [4.69, 9.17) is 0 Å². The van der Waals surface area contributed by atoms with Crippen LogP contribution in [0, 0.1) is 5.92 Å². The highest BCUT2D eigenvalue weighted by atomic mass is 16.3. The molecule has 1 saturated heterocycles. The summed E-state index contributed by atoms with van der Waals surface area (Å²) in [5.74, 6) is 0.0663. The van der Waals surface area contributed by atoms with Crippen LogP contribution < -0.4 is 4.90 Å². The van der Waals surface area contributed by atoms with Gasteiger partial charge in [0.2, 0.25) is 0 Å². The minimum absolute atomic E-state index is 0.0175. The summed E-state index contributed by atoms with van der Waals surface area (Å²) in [7, 11) is 5.51. The summed E-state index contributed by atoms with van der Waals surface area (Å²) < 4.78 is 0. The Balaban J connectivity index is 1.59. The van der Waals surface area contributed by atoms with Crippen LogP contribution in [0.15, 0.2) is 67.0 Å². The number of hydrogen-bond donors (Lipinski definition) is 1. The molecule has 5 rings (SSSR count). The number of benzene rings is 2. The maximum Gasteiger partial charge on any atom is 0.254 e. The van der Waals surface area contributed by atoms with E-state index in [9.17, 15) is 14.7 Å². The van der Waals surface area contributed by atoms with Crippen LogP contribution in [0.1, 0.15) is 38.7 Å². The van der Waals surface area contributed by atoms with Gasteiger partial charge in [0.15, 0.2) is 0 Å². The standard InChI is InChI=1S/C28H30N4O3/c1-30(2)27(34)21-6-4-5-19(15-21)20-7-8-24-23(16-20)26-22(25(17-33)31(24)3)11-14-32(26)28(35)18-9-12-29-13-10-18/h4-10,12-13,15-16,22,25-26,33H,11,14,17H2,1-3H3/t22-,25+,26-/m0/s1. The van der Waals surface area contributed by atoms with Crippen LogP contribution in [0.25, 0.3) is 11.1 Å². The molecule has 3 aromatic rings. The number of fused-ring (bicyclic) bond motifs is 3. The molecule has 0 bridgehead atoms. The summed E-state index contributed by atoms with van der Waals surface area (Å²) in [6, 6.07) is 17.2. The summed E-state index contributed by atoms with van der Waals surface area (Å²) in [6.45, 7) is 0.669. The highest BCUT2D eigenvalue weighted by molar-refractivity contribution is 5.96. The Labute approximate surface area is 205 Å². The van der Waals surface area contributed by atoms with Crippen LogP contribution in [0.3, 0.4) is 0 Å². The molecule has 0 unspecified atom stereocenters. The first-order chi connectivity index (χ1) is 16.9. The van der Waals surface area contributed by atoms with Crippen molar-refractivity contribution in [2.24, 2.45) is 5.92 Å². The van der Waals surface area contributed by atoms with Crippen molar-refractivity contribution in [2.75, 3.05) is 39.2 Å². The molecule has 35 heavy (non-hydrogen) atoms. The lowest BCUT2D eigenvalue weighted by molar-refractivity contribution is 0.0693. The molecule has 7 heteroatoms. The Kier molecular flexibility index (Phi) is 6.03. The molecular formula is C28H30N4O3. The topological polar surface area (TPSA) is 77.0 Å². The third-order valence-electron chi connectivity index (χ3n) is 7.39. The van der Waals surface area contributed by atoms with Gasteiger partial charge in [-0.25, -0.2) is 0 Å². The molecule has 3 heterocycles. The van der Waals surface area contributed by atoms with E-state index in [1.807, 2.05) is 42.3 Å². The second-order valence-electron chi connectivity index (χ2n) is 9.55. The predicted octanol–water partition coefficient (Wildman–Crippen LogP) is 3.46. The predicted molar refractivity (Wildman–Crippen MR) is 135 cm³/mol. The number of aliphatic hydroxyl groups is 1. The molecule has 180 valence electrons. The number of rotatable bonds is 4. The highest BCUT2D eigenvalue weighted by Crippen LogP contribution is 2.49. The number of nitrogens with zero attached hydrogens (tertiary/aromatic N) is 4. The fourth-order valence-electron chi connectivity index (χ4n) is 5.61. The number of aliphatic hydroxyl groups excluding tert-OH is 1. The van der Waals surface area contributed by atoms with Gasteiger partial charge in [-0.05, 0) is 59.5 Å². The average Bonchev–Trinajstić information content (AvgIpc) is 3.33. The van der Waals surface area contributed by atoms with E-state index in [2.05, 4.69) is 22.0 Å². The zero-order chi connectivity index (χ0) is 24.7. The maximum atomic E-state index is 13.5. The quantitative estimate of drug-likeness (QED) is 0.632. The number of hydrogen-bond acceptors (Lipinski definition) is 5. The van der Waals surface area contributed by atoms with Gasteiger partial charge in [0.1, 0.15) is 0 Å². The second-order valence-corrected chi connectivity index (χ2v) is 9.55. The number of aromatic nitrogens is 1.